The summed E-state index contributed by atoms with van der Waals surface area (Å²) in [6.07, 6.45) is 0.872. The molecule has 0 saturated heterocycles. The molecule has 0 fully saturated rings. The molecule has 1 amide bonds. The first kappa shape index (κ1) is 21.6. The minimum Gasteiger partial charge on any atom is -0.459 e. The number of hydrogen-bond donors (Lipinski definition) is 1. The molecule has 1 aliphatic heterocycles. The van der Waals surface area contributed by atoms with Crippen molar-refractivity contribution in [3.05, 3.63) is 23.8 Å². The molecule has 0 radical (unpaired) electrons. The fraction of sp³-hybridized carbons (Fsp3) is 0.500. The summed E-state index contributed by atoms with van der Waals surface area (Å²) in [5.74, 6) is -1.90. The van der Waals surface area contributed by atoms with Gasteiger partial charge >= 0.3 is 5.97 Å². The Morgan fingerprint density at radius 3 is 2.68 bits per heavy atom. The van der Waals surface area contributed by atoms with Gasteiger partial charge in [0.05, 0.1) is 11.8 Å². The number of benzene rings is 1. The lowest BCUT2D eigenvalue weighted by Gasteiger charge is -2.26. The number of anilines is 2. The summed E-state index contributed by atoms with van der Waals surface area (Å²) in [6.45, 7) is 5.14. The van der Waals surface area contributed by atoms with E-state index in [1.807, 2.05) is 32.3 Å². The van der Waals surface area contributed by atoms with E-state index >= 15 is 0 Å². The number of nitrogens with zero attached hydrogens (tertiary/aromatic N) is 3. The van der Waals surface area contributed by atoms with Gasteiger partial charge in [-0.2, -0.15) is 5.26 Å². The zero-order chi connectivity index (χ0) is 21.1. The Morgan fingerprint density at radius 1 is 1.43 bits per heavy atom. The molecule has 2 rings (SSSR count). The summed E-state index contributed by atoms with van der Waals surface area (Å²) in [7, 11) is 3.66. The van der Waals surface area contributed by atoms with Crippen LogP contribution in [-0.2, 0) is 20.7 Å². The molecule has 0 bridgehead atoms. The fourth-order valence-electron chi connectivity index (χ4n) is 2.90. The lowest BCUT2D eigenvalue weighted by atomic mass is 10.00. The van der Waals surface area contributed by atoms with Crippen LogP contribution in [-0.4, -0.2) is 48.1 Å². The summed E-state index contributed by atoms with van der Waals surface area (Å²) in [4.78, 5) is 28.8. The SMILES string of the molecule is CN(C)C(=S)Nc1ccc2c(c1)N(CC#N)C(=O)C(C(=O)OC(C)(C)C)CC2. The van der Waals surface area contributed by atoms with Crippen LogP contribution >= 0.6 is 12.2 Å². The maximum Gasteiger partial charge on any atom is 0.319 e. The van der Waals surface area contributed by atoms with Crippen molar-refractivity contribution >= 4 is 40.6 Å². The lowest BCUT2D eigenvalue weighted by molar-refractivity contribution is -0.162. The number of nitriles is 1. The summed E-state index contributed by atoms with van der Waals surface area (Å²) in [6, 6.07) is 7.58. The van der Waals surface area contributed by atoms with E-state index in [4.69, 9.17) is 17.0 Å². The Bertz CT molecular complexity index is 824. The number of thiocarbonyl (C=S) groups is 1. The number of carbonyl (C=O) groups is 2. The summed E-state index contributed by atoms with van der Waals surface area (Å²) in [5.41, 5.74) is 1.54. The van der Waals surface area contributed by atoms with Crippen LogP contribution < -0.4 is 10.2 Å². The van der Waals surface area contributed by atoms with Crippen LogP contribution in [0, 0.1) is 17.2 Å². The molecule has 8 heteroatoms. The molecule has 150 valence electrons. The number of hydrogen-bond acceptors (Lipinski definition) is 5. The maximum absolute atomic E-state index is 13.1. The highest BCUT2D eigenvalue weighted by atomic mass is 32.1. The largest absolute Gasteiger partial charge is 0.459 e. The molecular weight excluding hydrogens is 376 g/mol. The van der Waals surface area contributed by atoms with E-state index in [0.717, 1.165) is 5.56 Å². The second-order valence-corrected chi connectivity index (χ2v) is 8.26. The molecule has 7 nitrogen and oxygen atoms in total. The van der Waals surface area contributed by atoms with Crippen molar-refractivity contribution in [2.75, 3.05) is 30.9 Å². The van der Waals surface area contributed by atoms with Crippen LogP contribution in [0.15, 0.2) is 18.2 Å². The molecule has 0 aliphatic carbocycles. The first-order chi connectivity index (χ1) is 13.0. The number of carbonyl (C=O) groups excluding carboxylic acids is 2. The maximum atomic E-state index is 13.1. The molecule has 28 heavy (non-hydrogen) atoms. The van der Waals surface area contributed by atoms with Crippen molar-refractivity contribution < 1.29 is 14.3 Å². The minimum absolute atomic E-state index is 0.146. The molecule has 0 spiro atoms. The average molecular weight is 403 g/mol. The van der Waals surface area contributed by atoms with Gasteiger partial charge in [0, 0.05) is 19.8 Å². The van der Waals surface area contributed by atoms with Gasteiger partial charge in [-0.05, 0) is 63.5 Å². The molecule has 1 heterocycles. The van der Waals surface area contributed by atoms with Gasteiger partial charge in [0.25, 0.3) is 0 Å². The van der Waals surface area contributed by atoms with Gasteiger partial charge in [0.15, 0.2) is 5.11 Å². The molecule has 1 aromatic rings. The molecule has 1 aromatic carbocycles. The van der Waals surface area contributed by atoms with E-state index in [0.29, 0.717) is 29.3 Å². The molecule has 1 aliphatic rings. The third kappa shape index (κ3) is 5.20. The molecular formula is C20H26N4O3S. The predicted octanol–water partition coefficient (Wildman–Crippen LogP) is 2.71. The first-order valence-electron chi connectivity index (χ1n) is 9.06. The third-order valence-corrected chi connectivity index (χ3v) is 4.69. The van der Waals surface area contributed by atoms with E-state index in [1.54, 1.807) is 31.7 Å². The van der Waals surface area contributed by atoms with E-state index in [2.05, 4.69) is 5.32 Å². The van der Waals surface area contributed by atoms with Crippen LogP contribution in [0.4, 0.5) is 11.4 Å². The van der Waals surface area contributed by atoms with Crippen molar-refractivity contribution in [2.24, 2.45) is 5.92 Å². The zero-order valence-corrected chi connectivity index (χ0v) is 17.7. The molecule has 0 aromatic heterocycles. The molecule has 0 saturated carbocycles. The van der Waals surface area contributed by atoms with Gasteiger partial charge in [-0.25, -0.2) is 0 Å². The van der Waals surface area contributed by atoms with Crippen LogP contribution in [0.1, 0.15) is 32.8 Å². The summed E-state index contributed by atoms with van der Waals surface area (Å²) < 4.78 is 5.43. The predicted molar refractivity (Wildman–Crippen MR) is 112 cm³/mol. The van der Waals surface area contributed by atoms with Crippen molar-refractivity contribution in [1.29, 1.82) is 5.26 Å². The monoisotopic (exact) mass is 402 g/mol. The van der Waals surface area contributed by atoms with Crippen LogP contribution in [0.25, 0.3) is 0 Å². The molecule has 1 N–H and O–H groups in total. The number of fused-ring (bicyclic) bond motifs is 1. The van der Waals surface area contributed by atoms with E-state index in [-0.39, 0.29) is 6.54 Å². The van der Waals surface area contributed by atoms with Crippen LogP contribution in [0.3, 0.4) is 0 Å². The Morgan fingerprint density at radius 2 is 2.11 bits per heavy atom. The highest BCUT2D eigenvalue weighted by molar-refractivity contribution is 7.80. The highest BCUT2D eigenvalue weighted by Crippen LogP contribution is 2.33. The van der Waals surface area contributed by atoms with E-state index < -0.39 is 23.4 Å². The second kappa shape index (κ2) is 8.57. The van der Waals surface area contributed by atoms with Crippen molar-refractivity contribution in [3.63, 3.8) is 0 Å². The topological polar surface area (TPSA) is 85.7 Å². The van der Waals surface area contributed by atoms with Gasteiger partial charge in [-0.1, -0.05) is 6.07 Å². The Balaban J connectivity index is 2.37. The first-order valence-corrected chi connectivity index (χ1v) is 9.46. The van der Waals surface area contributed by atoms with E-state index in [9.17, 15) is 14.9 Å². The average Bonchev–Trinajstić information content (AvgIpc) is 2.71. The quantitative estimate of drug-likeness (QED) is 0.360. The Kier molecular flexibility index (Phi) is 6.62. The normalized spacial score (nSPS) is 16.5. The third-order valence-electron chi connectivity index (χ3n) is 4.22. The van der Waals surface area contributed by atoms with Crippen LogP contribution in [0.2, 0.25) is 0 Å². The molecule has 1 unspecified atom stereocenters. The number of nitrogens with one attached hydrogen (secondary N) is 1. The smallest absolute Gasteiger partial charge is 0.319 e. The fourth-order valence-corrected chi connectivity index (χ4v) is 3.01. The van der Waals surface area contributed by atoms with Crippen LogP contribution in [0.5, 0.6) is 0 Å². The number of aryl methyl sites for hydroxylation is 1. The van der Waals surface area contributed by atoms with Gasteiger partial charge in [-0.15, -0.1) is 0 Å². The van der Waals surface area contributed by atoms with Crippen molar-refractivity contribution in [2.45, 2.75) is 39.2 Å². The molecule has 1 atom stereocenters. The standard InChI is InChI=1S/C20H26N4O3S/c1-20(2,3)27-18(26)15-9-7-13-6-8-14(22-19(28)23(4)5)12-16(13)24(11-10-21)17(15)25/h6,8,12,15H,7,9,11H2,1-5H3,(H,22,28). The zero-order valence-electron chi connectivity index (χ0n) is 16.9. The minimum atomic E-state index is -0.931. The van der Waals surface area contributed by atoms with E-state index in [1.165, 1.54) is 4.90 Å². The number of esters is 1. The number of amides is 1. The van der Waals surface area contributed by atoms with Gasteiger partial charge in [0.1, 0.15) is 18.1 Å². The summed E-state index contributed by atoms with van der Waals surface area (Å²) in [5, 5.41) is 12.9. The summed E-state index contributed by atoms with van der Waals surface area (Å²) >= 11 is 5.27. The number of ether oxygens (including phenoxy) is 1. The van der Waals surface area contributed by atoms with Gasteiger partial charge < -0.3 is 15.0 Å². The lowest BCUT2D eigenvalue weighted by Crippen LogP contribution is -2.41. The Labute approximate surface area is 171 Å². The van der Waals surface area contributed by atoms with Crippen molar-refractivity contribution in [3.8, 4) is 6.07 Å². The van der Waals surface area contributed by atoms with Gasteiger partial charge in [-0.3, -0.25) is 14.5 Å². The Hall–Kier alpha value is -2.66. The van der Waals surface area contributed by atoms with Crippen molar-refractivity contribution in [1.82, 2.24) is 4.90 Å². The highest BCUT2D eigenvalue weighted by Gasteiger charge is 2.37. The second-order valence-electron chi connectivity index (χ2n) is 7.88. The van der Waals surface area contributed by atoms with Gasteiger partial charge in [0.2, 0.25) is 5.91 Å². The number of rotatable bonds is 3.